The molecule has 1 aromatic rings. The zero-order valence-corrected chi connectivity index (χ0v) is 10.8. The molecule has 0 aliphatic rings. The van der Waals surface area contributed by atoms with Crippen molar-refractivity contribution in [1.29, 1.82) is 0 Å². The Kier molecular flexibility index (Phi) is 4.88. The molecule has 1 atom stereocenters. The second-order valence-corrected chi connectivity index (χ2v) is 4.37. The number of halogens is 4. The van der Waals surface area contributed by atoms with Crippen molar-refractivity contribution in [1.82, 2.24) is 0 Å². The Labute approximate surface area is 113 Å². The Balaban J connectivity index is 2.79. The van der Waals surface area contributed by atoms with Crippen LogP contribution < -0.4 is 11.1 Å². The van der Waals surface area contributed by atoms with Gasteiger partial charge in [-0.2, -0.15) is 13.2 Å². The van der Waals surface area contributed by atoms with Crippen LogP contribution in [0.15, 0.2) is 23.4 Å². The standard InChI is InChI=1S/C11H13ClF3N3O/c1-6-2-3-7(4-9(6)12)17-5-8(10(16)18-19)11(13,14)15/h2-4,8,17,19H,5H2,1H3,(H2,16,18). The molecule has 0 heterocycles. The summed E-state index contributed by atoms with van der Waals surface area (Å²) in [6.45, 7) is 1.24. The number of benzene rings is 1. The number of hydrogen-bond donors (Lipinski definition) is 3. The van der Waals surface area contributed by atoms with E-state index in [1.54, 1.807) is 19.1 Å². The highest BCUT2D eigenvalue weighted by Crippen LogP contribution is 2.27. The molecule has 1 unspecified atom stereocenters. The summed E-state index contributed by atoms with van der Waals surface area (Å²) in [5.41, 5.74) is 6.28. The lowest BCUT2D eigenvalue weighted by Crippen LogP contribution is -2.40. The zero-order valence-electron chi connectivity index (χ0n) is 10.0. The zero-order chi connectivity index (χ0) is 14.6. The maximum atomic E-state index is 12.7. The SMILES string of the molecule is Cc1ccc(NCC(/C(N)=N/O)C(F)(F)F)cc1Cl. The molecule has 0 saturated carbocycles. The number of amidine groups is 1. The summed E-state index contributed by atoms with van der Waals surface area (Å²) < 4.78 is 38.0. The van der Waals surface area contributed by atoms with Crippen LogP contribution in [0.5, 0.6) is 0 Å². The fraction of sp³-hybridized carbons (Fsp3) is 0.364. The van der Waals surface area contributed by atoms with Crippen LogP contribution in [-0.2, 0) is 0 Å². The van der Waals surface area contributed by atoms with Crippen molar-refractivity contribution < 1.29 is 18.4 Å². The lowest BCUT2D eigenvalue weighted by Gasteiger charge is -2.20. The van der Waals surface area contributed by atoms with Crippen LogP contribution in [0.1, 0.15) is 5.56 Å². The first-order valence-corrected chi connectivity index (χ1v) is 5.67. The third-order valence-corrected chi connectivity index (χ3v) is 2.96. The van der Waals surface area contributed by atoms with E-state index in [1.807, 2.05) is 0 Å². The van der Waals surface area contributed by atoms with E-state index in [0.717, 1.165) is 5.56 Å². The van der Waals surface area contributed by atoms with Gasteiger partial charge in [-0.15, -0.1) is 0 Å². The van der Waals surface area contributed by atoms with Crippen LogP contribution in [0.3, 0.4) is 0 Å². The van der Waals surface area contributed by atoms with Crippen LogP contribution in [0.2, 0.25) is 5.02 Å². The summed E-state index contributed by atoms with van der Waals surface area (Å²) in [6.07, 6.45) is -4.60. The third kappa shape index (κ3) is 4.20. The second kappa shape index (κ2) is 6.01. The lowest BCUT2D eigenvalue weighted by molar-refractivity contribution is -0.152. The molecule has 8 heteroatoms. The molecule has 0 saturated heterocycles. The van der Waals surface area contributed by atoms with E-state index in [9.17, 15) is 13.2 Å². The number of anilines is 1. The van der Waals surface area contributed by atoms with Crippen molar-refractivity contribution in [3.63, 3.8) is 0 Å². The van der Waals surface area contributed by atoms with Gasteiger partial charge in [0.1, 0.15) is 5.92 Å². The Morgan fingerprint density at radius 1 is 1.53 bits per heavy atom. The summed E-state index contributed by atoms with van der Waals surface area (Å²) >= 11 is 5.86. The maximum Gasteiger partial charge on any atom is 0.400 e. The van der Waals surface area contributed by atoms with E-state index in [2.05, 4.69) is 10.5 Å². The third-order valence-electron chi connectivity index (χ3n) is 2.55. The van der Waals surface area contributed by atoms with Crippen molar-refractivity contribution in [3.05, 3.63) is 28.8 Å². The highest BCUT2D eigenvalue weighted by molar-refractivity contribution is 6.31. The smallest absolute Gasteiger partial charge is 0.400 e. The number of hydrogen-bond acceptors (Lipinski definition) is 3. The molecule has 0 amide bonds. The van der Waals surface area contributed by atoms with Crippen molar-refractivity contribution in [2.45, 2.75) is 13.1 Å². The fourth-order valence-corrected chi connectivity index (χ4v) is 1.56. The molecule has 0 fully saturated rings. The maximum absolute atomic E-state index is 12.7. The predicted octanol–water partition coefficient (Wildman–Crippen LogP) is 2.99. The molecule has 106 valence electrons. The Bertz CT molecular complexity index is 477. The van der Waals surface area contributed by atoms with Crippen LogP contribution in [-0.4, -0.2) is 23.8 Å². The molecule has 0 aliphatic carbocycles. The van der Waals surface area contributed by atoms with Gasteiger partial charge in [0, 0.05) is 17.3 Å². The minimum absolute atomic E-state index is 0.426. The average molecular weight is 296 g/mol. The Hall–Kier alpha value is -1.63. The largest absolute Gasteiger partial charge is 0.409 e. The number of aryl methyl sites for hydroxylation is 1. The number of alkyl halides is 3. The van der Waals surface area contributed by atoms with E-state index in [0.29, 0.717) is 10.7 Å². The number of rotatable bonds is 4. The van der Waals surface area contributed by atoms with Gasteiger partial charge in [-0.05, 0) is 24.6 Å². The van der Waals surface area contributed by atoms with Gasteiger partial charge < -0.3 is 16.3 Å². The van der Waals surface area contributed by atoms with Crippen LogP contribution >= 0.6 is 11.6 Å². The molecule has 1 rings (SSSR count). The predicted molar refractivity (Wildman–Crippen MR) is 67.6 cm³/mol. The molecule has 4 nitrogen and oxygen atoms in total. The van der Waals surface area contributed by atoms with Gasteiger partial charge in [-0.3, -0.25) is 0 Å². The first kappa shape index (κ1) is 15.4. The van der Waals surface area contributed by atoms with Crippen molar-refractivity contribution in [2.24, 2.45) is 16.8 Å². The molecule has 0 aromatic heterocycles. The molecule has 0 radical (unpaired) electrons. The fourth-order valence-electron chi connectivity index (χ4n) is 1.38. The van der Waals surface area contributed by atoms with Gasteiger partial charge in [0.2, 0.25) is 0 Å². The number of nitrogens with two attached hydrogens (primary N) is 1. The summed E-state index contributed by atoms with van der Waals surface area (Å²) in [6, 6.07) is 4.79. The summed E-state index contributed by atoms with van der Waals surface area (Å²) in [5, 5.41) is 13.8. The number of nitrogens with one attached hydrogen (secondary N) is 1. The van der Waals surface area contributed by atoms with E-state index in [4.69, 9.17) is 22.5 Å². The second-order valence-electron chi connectivity index (χ2n) is 3.96. The molecule has 0 aliphatic heterocycles. The minimum Gasteiger partial charge on any atom is -0.409 e. The van der Waals surface area contributed by atoms with Gasteiger partial charge >= 0.3 is 6.18 Å². The van der Waals surface area contributed by atoms with Crippen LogP contribution in [0.25, 0.3) is 0 Å². The monoisotopic (exact) mass is 295 g/mol. The van der Waals surface area contributed by atoms with Gasteiger partial charge in [0.15, 0.2) is 5.84 Å². The Morgan fingerprint density at radius 2 is 2.16 bits per heavy atom. The van der Waals surface area contributed by atoms with Gasteiger partial charge in [-0.25, -0.2) is 0 Å². The van der Waals surface area contributed by atoms with Crippen molar-refractivity contribution in [2.75, 3.05) is 11.9 Å². The first-order valence-electron chi connectivity index (χ1n) is 5.30. The number of oxime groups is 1. The van der Waals surface area contributed by atoms with E-state index in [1.165, 1.54) is 6.07 Å². The average Bonchev–Trinajstić information content (AvgIpc) is 2.31. The molecule has 0 spiro atoms. The van der Waals surface area contributed by atoms with Gasteiger partial charge in [-0.1, -0.05) is 22.8 Å². The van der Waals surface area contributed by atoms with Crippen molar-refractivity contribution in [3.8, 4) is 0 Å². The summed E-state index contributed by atoms with van der Waals surface area (Å²) in [7, 11) is 0. The topological polar surface area (TPSA) is 70.6 Å². The highest BCUT2D eigenvalue weighted by atomic mass is 35.5. The van der Waals surface area contributed by atoms with Gasteiger partial charge in [0.05, 0.1) is 0 Å². The van der Waals surface area contributed by atoms with Crippen molar-refractivity contribution >= 4 is 23.1 Å². The highest BCUT2D eigenvalue weighted by Gasteiger charge is 2.42. The van der Waals surface area contributed by atoms with Crippen LogP contribution in [0, 0.1) is 12.8 Å². The van der Waals surface area contributed by atoms with Gasteiger partial charge in [0.25, 0.3) is 0 Å². The number of nitrogens with zero attached hydrogens (tertiary/aromatic N) is 1. The normalized spacial score (nSPS) is 14.3. The summed E-state index contributed by atoms with van der Waals surface area (Å²) in [5.74, 6) is -2.96. The molecule has 1 aromatic carbocycles. The van der Waals surface area contributed by atoms with E-state index >= 15 is 0 Å². The lowest BCUT2D eigenvalue weighted by atomic mass is 10.1. The first-order chi connectivity index (χ1) is 8.75. The minimum atomic E-state index is -4.60. The van der Waals surface area contributed by atoms with E-state index < -0.39 is 24.5 Å². The molecule has 19 heavy (non-hydrogen) atoms. The molecule has 4 N–H and O–H groups in total. The molecular formula is C11H13ClF3N3O. The van der Waals surface area contributed by atoms with Crippen LogP contribution in [0.4, 0.5) is 18.9 Å². The quantitative estimate of drug-likeness (QED) is 0.346. The Morgan fingerprint density at radius 3 is 2.63 bits per heavy atom. The molecular weight excluding hydrogens is 283 g/mol. The summed E-state index contributed by atoms with van der Waals surface area (Å²) in [4.78, 5) is 0. The molecule has 0 bridgehead atoms. The van der Waals surface area contributed by atoms with E-state index in [-0.39, 0.29) is 0 Å².